The van der Waals surface area contributed by atoms with Crippen molar-refractivity contribution in [2.24, 2.45) is 11.7 Å². The first-order valence-corrected chi connectivity index (χ1v) is 6.67. The van der Waals surface area contributed by atoms with Gasteiger partial charge in [-0.15, -0.1) is 5.10 Å². The van der Waals surface area contributed by atoms with Gasteiger partial charge in [-0.05, 0) is 43.9 Å². The molecule has 0 aromatic carbocycles. The Morgan fingerprint density at radius 1 is 1.37 bits per heavy atom. The zero-order chi connectivity index (χ0) is 13.2. The van der Waals surface area contributed by atoms with Gasteiger partial charge in [-0.1, -0.05) is 0 Å². The lowest BCUT2D eigenvalue weighted by molar-refractivity contribution is 0.384. The van der Waals surface area contributed by atoms with Gasteiger partial charge in [-0.2, -0.15) is 9.61 Å². The van der Waals surface area contributed by atoms with Crippen LogP contribution in [0.25, 0.3) is 5.65 Å². The fraction of sp³-hybridized carbons (Fsp3) is 0.583. The van der Waals surface area contributed by atoms with Crippen LogP contribution in [0.15, 0.2) is 16.9 Å². The summed E-state index contributed by atoms with van der Waals surface area (Å²) in [5.41, 5.74) is 5.85. The maximum Gasteiger partial charge on any atom is 0.364 e. The molecule has 19 heavy (non-hydrogen) atoms. The van der Waals surface area contributed by atoms with Crippen LogP contribution in [0, 0.1) is 5.92 Å². The summed E-state index contributed by atoms with van der Waals surface area (Å²) in [6.07, 6.45) is 3.37. The van der Waals surface area contributed by atoms with Crippen LogP contribution in [-0.2, 0) is 0 Å². The topological polar surface area (TPSA) is 92.3 Å². The fourth-order valence-electron chi connectivity index (χ4n) is 2.65. The highest BCUT2D eigenvalue weighted by Gasteiger charge is 2.20. The van der Waals surface area contributed by atoms with Crippen LogP contribution in [0.5, 0.6) is 0 Å². The molecule has 1 aliphatic rings. The van der Waals surface area contributed by atoms with E-state index in [2.05, 4.69) is 20.2 Å². The minimum absolute atomic E-state index is 0.296. The number of aromatic amines is 1. The van der Waals surface area contributed by atoms with Crippen molar-refractivity contribution >= 4 is 11.5 Å². The monoisotopic (exact) mass is 262 g/mol. The molecular formula is C12H18N6O. The number of H-pyrrole nitrogens is 1. The summed E-state index contributed by atoms with van der Waals surface area (Å²) in [6, 6.07) is 3.73. The highest BCUT2D eigenvalue weighted by Crippen LogP contribution is 2.23. The average molecular weight is 262 g/mol. The predicted molar refractivity (Wildman–Crippen MR) is 72.2 cm³/mol. The summed E-state index contributed by atoms with van der Waals surface area (Å²) in [5.74, 6) is 1.56. The second-order valence-electron chi connectivity index (χ2n) is 5.00. The number of nitrogens with two attached hydrogens (primary N) is 1. The Morgan fingerprint density at radius 2 is 2.16 bits per heavy atom. The maximum atomic E-state index is 11.5. The first-order valence-electron chi connectivity index (χ1n) is 6.67. The van der Waals surface area contributed by atoms with Crippen molar-refractivity contribution in [3.05, 3.63) is 22.6 Å². The van der Waals surface area contributed by atoms with E-state index in [4.69, 9.17) is 5.73 Å². The molecule has 0 radical (unpaired) electrons. The SMILES string of the molecule is NCCC1CCN(c2ccc3n[nH]c(=O)n3n2)CC1. The van der Waals surface area contributed by atoms with Crippen molar-refractivity contribution in [1.82, 2.24) is 19.8 Å². The van der Waals surface area contributed by atoms with E-state index < -0.39 is 0 Å². The third-order valence-corrected chi connectivity index (χ3v) is 3.77. The van der Waals surface area contributed by atoms with Crippen molar-refractivity contribution in [2.75, 3.05) is 24.5 Å². The summed E-state index contributed by atoms with van der Waals surface area (Å²) < 4.78 is 1.31. The van der Waals surface area contributed by atoms with Gasteiger partial charge >= 0.3 is 5.69 Å². The molecule has 0 spiro atoms. The van der Waals surface area contributed by atoms with E-state index in [0.29, 0.717) is 5.65 Å². The Hall–Kier alpha value is -1.89. The molecule has 0 amide bonds. The molecule has 1 saturated heterocycles. The molecule has 2 aromatic rings. The number of nitrogens with zero attached hydrogens (tertiary/aromatic N) is 4. The van der Waals surface area contributed by atoms with Crippen LogP contribution in [0.4, 0.5) is 5.82 Å². The number of hydrogen-bond donors (Lipinski definition) is 2. The van der Waals surface area contributed by atoms with E-state index in [9.17, 15) is 4.79 Å². The standard InChI is InChI=1S/C12H18N6O/c13-6-3-9-4-7-17(8-5-9)11-2-1-10-14-15-12(19)18(10)16-11/h1-2,9H,3-8,13H2,(H,15,19). The highest BCUT2D eigenvalue weighted by molar-refractivity contribution is 5.45. The van der Waals surface area contributed by atoms with Crippen LogP contribution in [-0.4, -0.2) is 39.4 Å². The third kappa shape index (κ3) is 2.33. The van der Waals surface area contributed by atoms with Gasteiger partial charge in [-0.3, -0.25) is 0 Å². The van der Waals surface area contributed by atoms with Gasteiger partial charge in [0.15, 0.2) is 5.65 Å². The fourth-order valence-corrected chi connectivity index (χ4v) is 2.65. The van der Waals surface area contributed by atoms with Gasteiger partial charge in [-0.25, -0.2) is 9.89 Å². The van der Waals surface area contributed by atoms with Crippen LogP contribution < -0.4 is 16.3 Å². The zero-order valence-corrected chi connectivity index (χ0v) is 10.7. The summed E-state index contributed by atoms with van der Waals surface area (Å²) in [7, 11) is 0. The van der Waals surface area contributed by atoms with Crippen LogP contribution in [0.2, 0.25) is 0 Å². The van der Waals surface area contributed by atoms with Gasteiger partial charge in [0.05, 0.1) is 0 Å². The minimum Gasteiger partial charge on any atom is -0.355 e. The number of rotatable bonds is 3. The summed E-state index contributed by atoms with van der Waals surface area (Å²) in [5, 5.41) is 10.6. The van der Waals surface area contributed by atoms with Gasteiger partial charge in [0.2, 0.25) is 0 Å². The van der Waals surface area contributed by atoms with E-state index in [-0.39, 0.29) is 5.69 Å². The van der Waals surface area contributed by atoms with Gasteiger partial charge in [0.25, 0.3) is 0 Å². The maximum absolute atomic E-state index is 11.5. The molecule has 0 atom stereocenters. The summed E-state index contributed by atoms with van der Waals surface area (Å²) in [4.78, 5) is 13.7. The lowest BCUT2D eigenvalue weighted by atomic mass is 9.94. The molecule has 7 heteroatoms. The van der Waals surface area contributed by atoms with Crippen molar-refractivity contribution in [1.29, 1.82) is 0 Å². The molecule has 0 aliphatic carbocycles. The molecule has 3 rings (SSSR count). The van der Waals surface area contributed by atoms with Crippen molar-refractivity contribution in [3.8, 4) is 0 Å². The molecule has 1 aliphatic heterocycles. The number of piperidine rings is 1. The van der Waals surface area contributed by atoms with Crippen molar-refractivity contribution in [2.45, 2.75) is 19.3 Å². The number of anilines is 1. The molecule has 102 valence electrons. The smallest absolute Gasteiger partial charge is 0.355 e. The molecule has 0 saturated carbocycles. The summed E-state index contributed by atoms with van der Waals surface area (Å²) >= 11 is 0. The molecule has 3 heterocycles. The first-order chi connectivity index (χ1) is 9.28. The molecule has 2 aromatic heterocycles. The van der Waals surface area contributed by atoms with Crippen LogP contribution in [0.3, 0.4) is 0 Å². The second-order valence-corrected chi connectivity index (χ2v) is 5.00. The molecule has 0 bridgehead atoms. The lowest BCUT2D eigenvalue weighted by Crippen LogP contribution is -2.35. The highest BCUT2D eigenvalue weighted by atomic mass is 16.2. The Labute approximate surface area is 110 Å². The third-order valence-electron chi connectivity index (χ3n) is 3.77. The largest absolute Gasteiger partial charge is 0.364 e. The Kier molecular flexibility index (Phi) is 3.20. The van der Waals surface area contributed by atoms with Gasteiger partial charge in [0, 0.05) is 13.1 Å². The van der Waals surface area contributed by atoms with E-state index in [1.165, 1.54) is 4.52 Å². The van der Waals surface area contributed by atoms with E-state index in [1.54, 1.807) is 0 Å². The zero-order valence-electron chi connectivity index (χ0n) is 10.7. The van der Waals surface area contributed by atoms with Crippen LogP contribution >= 0.6 is 0 Å². The molecule has 3 N–H and O–H groups in total. The van der Waals surface area contributed by atoms with Crippen molar-refractivity contribution in [3.63, 3.8) is 0 Å². The van der Waals surface area contributed by atoms with Gasteiger partial charge in [0.1, 0.15) is 5.82 Å². The number of fused-ring (bicyclic) bond motifs is 1. The normalized spacial score (nSPS) is 17.2. The van der Waals surface area contributed by atoms with E-state index >= 15 is 0 Å². The predicted octanol–water partition coefficient (Wildman–Crippen LogP) is -0.0172. The Bertz CT molecular complexity index is 610. The number of aromatic nitrogens is 4. The Balaban J connectivity index is 1.78. The Morgan fingerprint density at radius 3 is 2.89 bits per heavy atom. The number of hydrogen-bond acceptors (Lipinski definition) is 5. The second kappa shape index (κ2) is 5.00. The quantitative estimate of drug-likeness (QED) is 0.811. The lowest BCUT2D eigenvalue weighted by Gasteiger charge is -2.32. The molecule has 0 unspecified atom stereocenters. The molecular weight excluding hydrogens is 244 g/mol. The van der Waals surface area contributed by atoms with Crippen LogP contribution in [0.1, 0.15) is 19.3 Å². The molecule has 7 nitrogen and oxygen atoms in total. The van der Waals surface area contributed by atoms with E-state index in [1.807, 2.05) is 12.1 Å². The van der Waals surface area contributed by atoms with Gasteiger partial charge < -0.3 is 10.6 Å². The van der Waals surface area contributed by atoms with E-state index in [0.717, 1.165) is 50.6 Å². The first kappa shape index (κ1) is 12.2. The summed E-state index contributed by atoms with van der Waals surface area (Å²) in [6.45, 7) is 2.70. The minimum atomic E-state index is -0.296. The van der Waals surface area contributed by atoms with Crippen molar-refractivity contribution < 1.29 is 0 Å². The average Bonchev–Trinajstić information content (AvgIpc) is 2.81. The molecule has 1 fully saturated rings. The number of nitrogens with one attached hydrogen (secondary N) is 1.